The van der Waals surface area contributed by atoms with Crippen molar-refractivity contribution in [3.8, 4) is 5.75 Å². The number of hydrogen-bond acceptors (Lipinski definition) is 7. The van der Waals surface area contributed by atoms with Crippen molar-refractivity contribution in [2.75, 3.05) is 45.9 Å². The van der Waals surface area contributed by atoms with Crippen LogP contribution in [-0.4, -0.2) is 109 Å². The summed E-state index contributed by atoms with van der Waals surface area (Å²) in [5, 5.41) is 13.5. The van der Waals surface area contributed by atoms with Crippen LogP contribution in [0.25, 0.3) is 0 Å². The number of fused-ring (bicyclic) bond motifs is 1. The Kier molecular flexibility index (Phi) is 11.5. The van der Waals surface area contributed by atoms with Crippen molar-refractivity contribution in [3.05, 3.63) is 29.8 Å². The van der Waals surface area contributed by atoms with Gasteiger partial charge in [0.1, 0.15) is 24.4 Å². The van der Waals surface area contributed by atoms with Gasteiger partial charge in [0, 0.05) is 32.7 Å². The number of ether oxygens (including phenoxy) is 1. The maximum Gasteiger partial charge on any atom is 0.317 e. The smallest absolute Gasteiger partial charge is 0.317 e. The molecule has 42 heavy (non-hydrogen) atoms. The highest BCUT2D eigenvalue weighted by Crippen LogP contribution is 2.19. The second kappa shape index (κ2) is 15.0. The van der Waals surface area contributed by atoms with Crippen molar-refractivity contribution in [2.24, 2.45) is 5.92 Å². The molecule has 3 atom stereocenters. The SMILES string of the molecule is CCN1CC(=O)N[C@H](C(C)C)C(=O)N[C@@H](C)COc2ccccc2C(=O)N[C@H](C(=O)NCCN2CCNC2=O)CC1=O. The molecule has 14 heteroatoms. The van der Waals surface area contributed by atoms with Crippen LogP contribution in [0.5, 0.6) is 5.75 Å². The van der Waals surface area contributed by atoms with Crippen molar-refractivity contribution in [3.63, 3.8) is 0 Å². The molecule has 1 aromatic rings. The van der Waals surface area contributed by atoms with Crippen molar-refractivity contribution in [1.29, 1.82) is 0 Å². The number of rotatable bonds is 6. The van der Waals surface area contributed by atoms with Gasteiger partial charge in [0.25, 0.3) is 5.91 Å². The maximum absolute atomic E-state index is 13.4. The Balaban J connectivity index is 1.86. The fourth-order valence-electron chi connectivity index (χ4n) is 4.58. The zero-order valence-corrected chi connectivity index (χ0v) is 24.5. The molecule has 2 aliphatic rings. The number of nitrogens with one attached hydrogen (secondary N) is 5. The minimum absolute atomic E-state index is 0.0326. The first-order chi connectivity index (χ1) is 20.0. The first-order valence-electron chi connectivity index (χ1n) is 14.2. The van der Waals surface area contributed by atoms with Gasteiger partial charge in [-0.25, -0.2) is 4.79 Å². The zero-order chi connectivity index (χ0) is 30.8. The van der Waals surface area contributed by atoms with Crippen LogP contribution >= 0.6 is 0 Å². The van der Waals surface area contributed by atoms with Crippen molar-refractivity contribution in [1.82, 2.24) is 36.4 Å². The van der Waals surface area contributed by atoms with E-state index in [-0.39, 0.29) is 56.0 Å². The molecule has 0 aromatic heterocycles. The lowest BCUT2D eigenvalue weighted by atomic mass is 10.0. The minimum atomic E-state index is -1.27. The lowest BCUT2D eigenvalue weighted by Crippen LogP contribution is -2.55. The summed E-state index contributed by atoms with van der Waals surface area (Å²) in [5.74, 6) is -2.74. The van der Waals surface area contributed by atoms with Crippen LogP contribution < -0.4 is 31.3 Å². The average molecular weight is 588 g/mol. The van der Waals surface area contributed by atoms with Gasteiger partial charge in [-0.05, 0) is 31.9 Å². The molecule has 0 aliphatic carbocycles. The van der Waals surface area contributed by atoms with E-state index in [9.17, 15) is 28.8 Å². The van der Waals surface area contributed by atoms with E-state index in [1.165, 1.54) is 11.0 Å². The largest absolute Gasteiger partial charge is 0.491 e. The number of nitrogens with zero attached hydrogens (tertiary/aromatic N) is 2. The topological polar surface area (TPSA) is 178 Å². The summed E-state index contributed by atoms with van der Waals surface area (Å²) in [4.78, 5) is 80.4. The van der Waals surface area contributed by atoms with Crippen LogP contribution in [0.2, 0.25) is 0 Å². The Morgan fingerprint density at radius 2 is 1.81 bits per heavy atom. The highest BCUT2D eigenvalue weighted by molar-refractivity contribution is 6.01. The summed E-state index contributed by atoms with van der Waals surface area (Å²) in [6, 6.07) is 3.62. The molecule has 3 rings (SSSR count). The van der Waals surface area contributed by atoms with E-state index < -0.39 is 54.1 Å². The molecule has 2 heterocycles. The number of carbonyl (C=O) groups excluding carboxylic acids is 6. The molecule has 230 valence electrons. The monoisotopic (exact) mass is 587 g/mol. The fraction of sp³-hybridized carbons (Fsp3) is 0.571. The van der Waals surface area contributed by atoms with Crippen molar-refractivity contribution >= 4 is 35.6 Å². The molecule has 14 nitrogen and oxygen atoms in total. The van der Waals surface area contributed by atoms with Gasteiger partial charge in [0.2, 0.25) is 23.6 Å². The summed E-state index contributed by atoms with van der Waals surface area (Å²) >= 11 is 0. The Hall–Kier alpha value is -4.36. The lowest BCUT2D eigenvalue weighted by molar-refractivity contribution is -0.138. The molecule has 0 radical (unpaired) electrons. The van der Waals surface area contributed by atoms with E-state index in [1.807, 2.05) is 0 Å². The molecule has 0 spiro atoms. The van der Waals surface area contributed by atoms with Gasteiger partial charge >= 0.3 is 6.03 Å². The van der Waals surface area contributed by atoms with Gasteiger partial charge in [0.15, 0.2) is 0 Å². The quantitative estimate of drug-likeness (QED) is 0.289. The van der Waals surface area contributed by atoms with E-state index >= 15 is 0 Å². The third-order valence-corrected chi connectivity index (χ3v) is 6.97. The molecular weight excluding hydrogens is 546 g/mol. The molecule has 7 amide bonds. The summed E-state index contributed by atoms with van der Waals surface area (Å²) in [6.45, 7) is 8.26. The van der Waals surface area contributed by atoms with E-state index in [1.54, 1.807) is 50.8 Å². The first-order valence-corrected chi connectivity index (χ1v) is 14.2. The molecule has 0 unspecified atom stereocenters. The van der Waals surface area contributed by atoms with Crippen LogP contribution in [-0.2, 0) is 19.2 Å². The predicted octanol–water partition coefficient (Wildman–Crippen LogP) is -0.797. The Labute approximate surface area is 245 Å². The molecule has 0 saturated carbocycles. The molecule has 5 N–H and O–H groups in total. The molecular formula is C28H41N7O7. The van der Waals surface area contributed by atoms with Crippen LogP contribution in [0.1, 0.15) is 44.5 Å². The van der Waals surface area contributed by atoms with Crippen LogP contribution in [0.3, 0.4) is 0 Å². The highest BCUT2D eigenvalue weighted by atomic mass is 16.5. The van der Waals surface area contributed by atoms with E-state index in [4.69, 9.17) is 4.74 Å². The summed E-state index contributed by atoms with van der Waals surface area (Å²) in [6.07, 6.45) is -0.420. The van der Waals surface area contributed by atoms with Gasteiger partial charge in [-0.15, -0.1) is 0 Å². The van der Waals surface area contributed by atoms with Crippen LogP contribution in [0.15, 0.2) is 24.3 Å². The summed E-state index contributed by atoms with van der Waals surface area (Å²) < 4.78 is 5.86. The third kappa shape index (κ3) is 8.82. The van der Waals surface area contributed by atoms with Crippen molar-refractivity contribution in [2.45, 2.75) is 52.2 Å². The Morgan fingerprint density at radius 1 is 1.07 bits per heavy atom. The second-order valence-electron chi connectivity index (χ2n) is 10.7. The predicted molar refractivity (Wildman–Crippen MR) is 152 cm³/mol. The Bertz CT molecular complexity index is 1180. The Morgan fingerprint density at radius 3 is 2.48 bits per heavy atom. The van der Waals surface area contributed by atoms with E-state index in [2.05, 4.69) is 26.6 Å². The number of para-hydroxylation sites is 1. The first kappa shape index (κ1) is 32.2. The van der Waals surface area contributed by atoms with Gasteiger partial charge < -0.3 is 41.1 Å². The molecule has 1 aromatic carbocycles. The molecule has 1 fully saturated rings. The highest BCUT2D eigenvalue weighted by Gasteiger charge is 2.31. The fourth-order valence-corrected chi connectivity index (χ4v) is 4.58. The molecule has 0 bridgehead atoms. The molecule has 1 saturated heterocycles. The molecule has 2 aliphatic heterocycles. The standard InChI is InChI=1S/C28H41N7O7/c1-5-34-15-22(36)33-24(17(2)3)27(40)31-18(4)16-42-21-9-7-6-8-19(21)25(38)32-20(14-23(34)37)26(39)29-10-12-35-13-11-30-28(35)41/h6-9,17-18,20,24H,5,10-16H2,1-4H3,(H,29,39)(H,30,41)(H,31,40)(H,32,38)(H,33,36)/t18-,20-,24+/m0/s1. The number of amides is 7. The van der Waals surface area contributed by atoms with Crippen molar-refractivity contribution < 1.29 is 33.5 Å². The number of hydrogen-bond donors (Lipinski definition) is 5. The van der Waals surface area contributed by atoms with Gasteiger partial charge in [0.05, 0.1) is 24.6 Å². The second-order valence-corrected chi connectivity index (χ2v) is 10.7. The lowest BCUT2D eigenvalue weighted by Gasteiger charge is -2.27. The van der Waals surface area contributed by atoms with Crippen LogP contribution in [0.4, 0.5) is 4.79 Å². The number of benzene rings is 1. The summed E-state index contributed by atoms with van der Waals surface area (Å²) in [5.41, 5.74) is 0.142. The van der Waals surface area contributed by atoms with Crippen LogP contribution in [0, 0.1) is 5.92 Å². The summed E-state index contributed by atoms with van der Waals surface area (Å²) in [7, 11) is 0. The minimum Gasteiger partial charge on any atom is -0.491 e. The average Bonchev–Trinajstić information content (AvgIpc) is 3.36. The van der Waals surface area contributed by atoms with Gasteiger partial charge in [-0.1, -0.05) is 26.0 Å². The normalized spacial score (nSPS) is 22.8. The number of likely N-dealkylation sites (N-methyl/N-ethyl adjacent to an activating group) is 1. The van der Waals surface area contributed by atoms with E-state index in [0.29, 0.717) is 13.1 Å². The number of carbonyl (C=O) groups is 6. The van der Waals surface area contributed by atoms with E-state index in [0.717, 1.165) is 0 Å². The zero-order valence-electron chi connectivity index (χ0n) is 24.5. The third-order valence-electron chi connectivity index (χ3n) is 6.97. The van der Waals surface area contributed by atoms with Gasteiger partial charge in [-0.2, -0.15) is 0 Å². The maximum atomic E-state index is 13.4. The number of urea groups is 1. The van der Waals surface area contributed by atoms with Gasteiger partial charge in [-0.3, -0.25) is 24.0 Å².